The minimum atomic E-state index is -0.145. The van der Waals surface area contributed by atoms with Gasteiger partial charge in [0.2, 0.25) is 5.91 Å². The molecule has 1 aliphatic rings. The molecule has 6 heteroatoms. The highest BCUT2D eigenvalue weighted by atomic mass is 16.5. The molecule has 1 aliphatic heterocycles. The van der Waals surface area contributed by atoms with Crippen LogP contribution in [0.4, 0.5) is 0 Å². The lowest BCUT2D eigenvalue weighted by molar-refractivity contribution is -0.119. The lowest BCUT2D eigenvalue weighted by atomic mass is 10.0. The van der Waals surface area contributed by atoms with Gasteiger partial charge in [0.15, 0.2) is 5.96 Å². The summed E-state index contributed by atoms with van der Waals surface area (Å²) < 4.78 is 5.77. The largest absolute Gasteiger partial charge is 0.373 e. The highest BCUT2D eigenvalue weighted by molar-refractivity contribution is 5.84. The van der Waals surface area contributed by atoms with Crippen LogP contribution in [0.5, 0.6) is 0 Å². The first-order chi connectivity index (χ1) is 12.1. The van der Waals surface area contributed by atoms with Crippen LogP contribution in [0.3, 0.4) is 0 Å². The molecule has 138 valence electrons. The molecule has 1 aromatic rings. The molecule has 0 spiro atoms. The molecule has 1 fully saturated rings. The maximum atomic E-state index is 12.0. The van der Waals surface area contributed by atoms with E-state index >= 15 is 0 Å². The van der Waals surface area contributed by atoms with Crippen molar-refractivity contribution in [1.29, 1.82) is 0 Å². The normalized spacial score (nSPS) is 20.3. The molecular weight excluding hydrogens is 316 g/mol. The molecule has 1 aromatic carbocycles. The summed E-state index contributed by atoms with van der Waals surface area (Å²) in [5.41, 5.74) is 1.07. The smallest absolute Gasteiger partial charge is 0.241 e. The SMILES string of the molecule is CCNC(=NCC(=O)NCCc1ccccc1)NCC1(C)CCCO1. The molecule has 1 heterocycles. The van der Waals surface area contributed by atoms with Gasteiger partial charge in [-0.25, -0.2) is 4.99 Å². The summed E-state index contributed by atoms with van der Waals surface area (Å²) in [6, 6.07) is 10.1. The van der Waals surface area contributed by atoms with Gasteiger partial charge in [-0.3, -0.25) is 4.79 Å². The predicted octanol–water partition coefficient (Wildman–Crippen LogP) is 1.47. The van der Waals surface area contributed by atoms with E-state index in [4.69, 9.17) is 4.74 Å². The first-order valence-electron chi connectivity index (χ1n) is 9.08. The van der Waals surface area contributed by atoms with Gasteiger partial charge in [-0.15, -0.1) is 0 Å². The van der Waals surface area contributed by atoms with Crippen LogP contribution >= 0.6 is 0 Å². The van der Waals surface area contributed by atoms with Crippen molar-refractivity contribution in [2.75, 3.05) is 32.8 Å². The van der Waals surface area contributed by atoms with Gasteiger partial charge in [0, 0.05) is 26.2 Å². The number of hydrogen-bond donors (Lipinski definition) is 3. The van der Waals surface area contributed by atoms with E-state index in [2.05, 4.69) is 40.0 Å². The molecule has 1 saturated heterocycles. The predicted molar refractivity (Wildman–Crippen MR) is 101 cm³/mol. The van der Waals surface area contributed by atoms with Crippen LogP contribution in [0.1, 0.15) is 32.3 Å². The number of hydrogen-bond acceptors (Lipinski definition) is 3. The van der Waals surface area contributed by atoms with Gasteiger partial charge in [0.1, 0.15) is 6.54 Å². The second-order valence-electron chi connectivity index (χ2n) is 6.54. The van der Waals surface area contributed by atoms with E-state index in [1.165, 1.54) is 5.56 Å². The van der Waals surface area contributed by atoms with Gasteiger partial charge < -0.3 is 20.7 Å². The van der Waals surface area contributed by atoms with Gasteiger partial charge >= 0.3 is 0 Å². The molecule has 0 saturated carbocycles. The van der Waals surface area contributed by atoms with E-state index in [9.17, 15) is 4.79 Å². The average Bonchev–Trinajstić information content (AvgIpc) is 3.05. The van der Waals surface area contributed by atoms with Crippen molar-refractivity contribution in [3.05, 3.63) is 35.9 Å². The van der Waals surface area contributed by atoms with E-state index in [1.54, 1.807) is 0 Å². The summed E-state index contributed by atoms with van der Waals surface area (Å²) in [4.78, 5) is 16.3. The molecule has 1 unspecified atom stereocenters. The van der Waals surface area contributed by atoms with Gasteiger partial charge in [-0.2, -0.15) is 0 Å². The zero-order valence-electron chi connectivity index (χ0n) is 15.3. The maximum absolute atomic E-state index is 12.0. The van der Waals surface area contributed by atoms with Gasteiger partial charge in [-0.1, -0.05) is 30.3 Å². The second-order valence-corrected chi connectivity index (χ2v) is 6.54. The minimum Gasteiger partial charge on any atom is -0.373 e. The summed E-state index contributed by atoms with van der Waals surface area (Å²) in [6.07, 6.45) is 2.96. The van der Waals surface area contributed by atoms with Crippen LogP contribution in [-0.2, 0) is 16.0 Å². The van der Waals surface area contributed by atoms with Crippen LogP contribution in [-0.4, -0.2) is 50.3 Å². The lowest BCUT2D eigenvalue weighted by Crippen LogP contribution is -2.46. The molecule has 2 rings (SSSR count). The third-order valence-electron chi connectivity index (χ3n) is 4.23. The standard InChI is InChI=1S/C19H30N4O2/c1-3-20-18(23-15-19(2)11-7-13-25-19)22-14-17(24)21-12-10-16-8-5-4-6-9-16/h4-6,8-9H,3,7,10-15H2,1-2H3,(H,21,24)(H2,20,22,23). The summed E-state index contributed by atoms with van der Waals surface area (Å²) in [6.45, 7) is 7.09. The van der Waals surface area contributed by atoms with Crippen molar-refractivity contribution in [3.8, 4) is 0 Å². The lowest BCUT2D eigenvalue weighted by Gasteiger charge is -2.24. The average molecular weight is 346 g/mol. The van der Waals surface area contributed by atoms with Crippen LogP contribution in [0, 0.1) is 0 Å². The van der Waals surface area contributed by atoms with E-state index in [0.717, 1.165) is 32.4 Å². The zero-order chi connectivity index (χ0) is 18.0. The maximum Gasteiger partial charge on any atom is 0.241 e. The Morgan fingerprint density at radius 2 is 2.04 bits per heavy atom. The first kappa shape index (κ1) is 19.2. The third-order valence-corrected chi connectivity index (χ3v) is 4.23. The van der Waals surface area contributed by atoms with Crippen molar-refractivity contribution in [2.45, 2.75) is 38.7 Å². The summed E-state index contributed by atoms with van der Waals surface area (Å²) in [7, 11) is 0. The molecule has 3 N–H and O–H groups in total. The van der Waals surface area contributed by atoms with Gasteiger partial charge in [0.25, 0.3) is 0 Å². The summed E-state index contributed by atoms with van der Waals surface area (Å²) in [5, 5.41) is 9.35. The molecule has 25 heavy (non-hydrogen) atoms. The molecule has 6 nitrogen and oxygen atoms in total. The highest BCUT2D eigenvalue weighted by Gasteiger charge is 2.29. The summed E-state index contributed by atoms with van der Waals surface area (Å²) >= 11 is 0. The van der Waals surface area contributed by atoms with Crippen molar-refractivity contribution in [2.24, 2.45) is 4.99 Å². The number of aliphatic imine (C=N–C) groups is 1. The van der Waals surface area contributed by atoms with E-state index in [0.29, 0.717) is 19.0 Å². The Balaban J connectivity index is 1.72. The Labute approximate surface area is 150 Å². The Morgan fingerprint density at radius 1 is 1.24 bits per heavy atom. The fourth-order valence-corrected chi connectivity index (χ4v) is 2.79. The monoisotopic (exact) mass is 346 g/mol. The minimum absolute atomic E-state index is 0.0727. The number of carbonyl (C=O) groups excluding carboxylic acids is 1. The van der Waals surface area contributed by atoms with Crippen molar-refractivity contribution >= 4 is 11.9 Å². The molecule has 0 aliphatic carbocycles. The number of amides is 1. The van der Waals surface area contributed by atoms with Crippen LogP contribution in [0.15, 0.2) is 35.3 Å². The van der Waals surface area contributed by atoms with Gasteiger partial charge in [-0.05, 0) is 38.7 Å². The molecule has 1 amide bonds. The van der Waals surface area contributed by atoms with E-state index in [1.807, 2.05) is 25.1 Å². The van der Waals surface area contributed by atoms with E-state index < -0.39 is 0 Å². The molecule has 0 radical (unpaired) electrons. The van der Waals surface area contributed by atoms with E-state index in [-0.39, 0.29) is 18.1 Å². The quantitative estimate of drug-likeness (QED) is 0.492. The third kappa shape index (κ3) is 7.13. The molecule has 0 bridgehead atoms. The number of guanidine groups is 1. The number of rotatable bonds is 8. The number of nitrogens with zero attached hydrogens (tertiary/aromatic N) is 1. The molecule has 0 aromatic heterocycles. The van der Waals surface area contributed by atoms with Crippen LogP contribution < -0.4 is 16.0 Å². The number of ether oxygens (including phenoxy) is 1. The van der Waals surface area contributed by atoms with Gasteiger partial charge in [0.05, 0.1) is 5.60 Å². The molecule has 1 atom stereocenters. The molecular formula is C19H30N4O2. The number of carbonyl (C=O) groups is 1. The van der Waals surface area contributed by atoms with Crippen LogP contribution in [0.2, 0.25) is 0 Å². The first-order valence-corrected chi connectivity index (χ1v) is 9.08. The highest BCUT2D eigenvalue weighted by Crippen LogP contribution is 2.23. The number of nitrogens with one attached hydrogen (secondary N) is 3. The zero-order valence-corrected chi connectivity index (χ0v) is 15.3. The second kappa shape index (κ2) is 10.0. The van der Waals surface area contributed by atoms with Crippen molar-refractivity contribution in [1.82, 2.24) is 16.0 Å². The van der Waals surface area contributed by atoms with Crippen molar-refractivity contribution in [3.63, 3.8) is 0 Å². The Hall–Kier alpha value is -2.08. The topological polar surface area (TPSA) is 74.8 Å². The Kier molecular flexibility index (Phi) is 7.73. The Morgan fingerprint density at radius 3 is 2.72 bits per heavy atom. The number of benzene rings is 1. The fourth-order valence-electron chi connectivity index (χ4n) is 2.79. The van der Waals surface area contributed by atoms with Crippen LogP contribution in [0.25, 0.3) is 0 Å². The fraction of sp³-hybridized carbons (Fsp3) is 0.579. The Bertz CT molecular complexity index is 554. The summed E-state index contributed by atoms with van der Waals surface area (Å²) in [5.74, 6) is 0.578. The van der Waals surface area contributed by atoms with Crippen molar-refractivity contribution < 1.29 is 9.53 Å².